The first kappa shape index (κ1) is 11.6. The van der Waals surface area contributed by atoms with Crippen molar-refractivity contribution < 1.29 is 13.6 Å². The number of carbonyl (C=O) groups excluding carboxylic acids is 1. The van der Waals surface area contributed by atoms with E-state index >= 15 is 0 Å². The van der Waals surface area contributed by atoms with Gasteiger partial charge in [0.1, 0.15) is 23.3 Å². The lowest BCUT2D eigenvalue weighted by atomic mass is 10.1. The van der Waals surface area contributed by atoms with Crippen LogP contribution in [0.4, 0.5) is 8.78 Å². The van der Waals surface area contributed by atoms with Crippen LogP contribution in [-0.2, 0) is 4.79 Å². The summed E-state index contributed by atoms with van der Waals surface area (Å²) < 4.78 is 26.7. The molecule has 1 atom stereocenters. The number of nitrogens with zero attached hydrogens (tertiary/aromatic N) is 1. The molecule has 1 unspecified atom stereocenters. The van der Waals surface area contributed by atoms with Crippen molar-refractivity contribution in [3.63, 3.8) is 0 Å². The van der Waals surface area contributed by atoms with Gasteiger partial charge in [-0.15, -0.1) is 0 Å². The standard InChI is InChI=1S/C13H14F2N2O/c1-2-17-11(16-13(5-6-13)12(17)18)9-4-3-8(14)7-10(9)15/h3-4,7,11,16H,2,5-6H2,1H3. The molecule has 1 spiro atoms. The highest BCUT2D eigenvalue weighted by molar-refractivity contribution is 5.92. The lowest BCUT2D eigenvalue weighted by molar-refractivity contribution is -0.130. The van der Waals surface area contributed by atoms with Gasteiger partial charge in [-0.3, -0.25) is 10.1 Å². The normalized spacial score (nSPS) is 24.9. The predicted octanol–water partition coefficient (Wildman–Crippen LogP) is 1.95. The van der Waals surface area contributed by atoms with Crippen LogP contribution in [0.2, 0.25) is 0 Å². The van der Waals surface area contributed by atoms with Gasteiger partial charge in [0.05, 0.1) is 0 Å². The first-order chi connectivity index (χ1) is 8.57. The minimum absolute atomic E-state index is 0.0266. The van der Waals surface area contributed by atoms with Gasteiger partial charge in [0, 0.05) is 18.2 Å². The van der Waals surface area contributed by atoms with Gasteiger partial charge >= 0.3 is 0 Å². The summed E-state index contributed by atoms with van der Waals surface area (Å²) in [5.41, 5.74) is -0.156. The highest BCUT2D eigenvalue weighted by Gasteiger charge is 2.59. The van der Waals surface area contributed by atoms with E-state index in [4.69, 9.17) is 0 Å². The number of benzene rings is 1. The Kier molecular flexibility index (Phi) is 2.41. The van der Waals surface area contributed by atoms with Crippen LogP contribution in [0.1, 0.15) is 31.5 Å². The van der Waals surface area contributed by atoms with Crippen LogP contribution in [0.5, 0.6) is 0 Å². The second-order valence-electron chi connectivity index (χ2n) is 4.89. The van der Waals surface area contributed by atoms with Crippen molar-refractivity contribution in [2.45, 2.75) is 31.5 Å². The van der Waals surface area contributed by atoms with E-state index < -0.39 is 23.3 Å². The van der Waals surface area contributed by atoms with E-state index in [1.165, 1.54) is 12.1 Å². The number of carbonyl (C=O) groups is 1. The molecular weight excluding hydrogens is 238 g/mol. The third-order valence-electron chi connectivity index (χ3n) is 3.74. The molecule has 1 N–H and O–H groups in total. The van der Waals surface area contributed by atoms with E-state index in [1.807, 2.05) is 6.92 Å². The maximum absolute atomic E-state index is 13.8. The minimum atomic E-state index is -0.614. The fourth-order valence-corrected chi connectivity index (χ4v) is 2.57. The third kappa shape index (κ3) is 1.54. The van der Waals surface area contributed by atoms with Crippen LogP contribution in [0.25, 0.3) is 0 Å². The fraction of sp³-hybridized carbons (Fsp3) is 0.462. The molecule has 3 nitrogen and oxygen atoms in total. The SMILES string of the molecule is CCN1C(=O)C2(CC2)NC1c1ccc(F)cc1F. The van der Waals surface area contributed by atoms with E-state index in [0.29, 0.717) is 12.1 Å². The van der Waals surface area contributed by atoms with Crippen LogP contribution >= 0.6 is 0 Å². The highest BCUT2D eigenvalue weighted by atomic mass is 19.1. The number of nitrogens with one attached hydrogen (secondary N) is 1. The molecule has 18 heavy (non-hydrogen) atoms. The Morgan fingerprint density at radius 2 is 2.17 bits per heavy atom. The van der Waals surface area contributed by atoms with Crippen molar-refractivity contribution in [1.82, 2.24) is 10.2 Å². The average molecular weight is 252 g/mol. The summed E-state index contributed by atoms with van der Waals surface area (Å²) >= 11 is 0. The molecule has 1 saturated heterocycles. The lowest BCUT2D eigenvalue weighted by Crippen LogP contribution is -2.32. The Morgan fingerprint density at radius 1 is 1.44 bits per heavy atom. The van der Waals surface area contributed by atoms with E-state index in [2.05, 4.69) is 5.32 Å². The molecule has 2 fully saturated rings. The Morgan fingerprint density at radius 3 is 2.72 bits per heavy atom. The monoisotopic (exact) mass is 252 g/mol. The highest BCUT2D eigenvalue weighted by Crippen LogP contribution is 2.46. The zero-order chi connectivity index (χ0) is 12.9. The molecule has 2 aliphatic rings. The average Bonchev–Trinajstić information content (AvgIpc) is 3.04. The van der Waals surface area contributed by atoms with Crippen LogP contribution < -0.4 is 5.32 Å². The smallest absolute Gasteiger partial charge is 0.244 e. The Labute approximate surface area is 104 Å². The molecule has 1 aliphatic carbocycles. The van der Waals surface area contributed by atoms with E-state index in [9.17, 15) is 13.6 Å². The molecule has 1 amide bonds. The summed E-state index contributed by atoms with van der Waals surface area (Å²) in [7, 11) is 0. The quantitative estimate of drug-likeness (QED) is 0.872. The number of rotatable bonds is 2. The largest absolute Gasteiger partial charge is 0.321 e. The Balaban J connectivity index is 1.98. The molecule has 1 heterocycles. The topological polar surface area (TPSA) is 32.3 Å². The first-order valence-electron chi connectivity index (χ1n) is 6.11. The summed E-state index contributed by atoms with van der Waals surface area (Å²) in [5, 5.41) is 3.18. The molecule has 1 aliphatic heterocycles. The van der Waals surface area contributed by atoms with Crippen LogP contribution in [0, 0.1) is 11.6 Å². The van der Waals surface area contributed by atoms with Gasteiger partial charge in [0.2, 0.25) is 5.91 Å². The second kappa shape index (κ2) is 3.75. The molecule has 3 rings (SSSR count). The number of likely N-dealkylation sites (N-methyl/N-ethyl adjacent to an activating group) is 1. The summed E-state index contributed by atoms with van der Waals surface area (Å²) in [4.78, 5) is 13.8. The van der Waals surface area contributed by atoms with Gasteiger partial charge in [0.15, 0.2) is 0 Å². The number of amides is 1. The molecule has 0 aromatic heterocycles. The number of halogens is 2. The number of hydrogen-bond acceptors (Lipinski definition) is 2. The van der Waals surface area contributed by atoms with Gasteiger partial charge in [-0.05, 0) is 31.9 Å². The van der Waals surface area contributed by atoms with Crippen molar-refractivity contribution in [3.8, 4) is 0 Å². The molecule has 5 heteroatoms. The van der Waals surface area contributed by atoms with Crippen molar-refractivity contribution in [3.05, 3.63) is 35.4 Å². The van der Waals surface area contributed by atoms with E-state index in [-0.39, 0.29) is 5.91 Å². The van der Waals surface area contributed by atoms with Gasteiger partial charge in [-0.2, -0.15) is 0 Å². The van der Waals surface area contributed by atoms with Crippen molar-refractivity contribution in [1.29, 1.82) is 0 Å². The molecule has 96 valence electrons. The molecule has 1 aromatic rings. The van der Waals surface area contributed by atoms with Crippen LogP contribution in [0.15, 0.2) is 18.2 Å². The Hall–Kier alpha value is -1.49. The van der Waals surface area contributed by atoms with Crippen molar-refractivity contribution in [2.75, 3.05) is 6.54 Å². The van der Waals surface area contributed by atoms with Crippen LogP contribution in [-0.4, -0.2) is 22.9 Å². The van der Waals surface area contributed by atoms with Crippen LogP contribution in [0.3, 0.4) is 0 Å². The maximum Gasteiger partial charge on any atom is 0.244 e. The summed E-state index contributed by atoms with van der Waals surface area (Å²) in [6, 6.07) is 3.48. The molecular formula is C13H14F2N2O. The predicted molar refractivity (Wildman–Crippen MR) is 61.6 cm³/mol. The first-order valence-corrected chi connectivity index (χ1v) is 6.11. The van der Waals surface area contributed by atoms with Gasteiger partial charge in [-0.1, -0.05) is 0 Å². The van der Waals surface area contributed by atoms with Gasteiger partial charge in [0.25, 0.3) is 0 Å². The third-order valence-corrected chi connectivity index (χ3v) is 3.74. The summed E-state index contributed by atoms with van der Waals surface area (Å²) in [6.07, 6.45) is 1.11. The maximum atomic E-state index is 13.8. The number of hydrogen-bond donors (Lipinski definition) is 1. The fourth-order valence-electron chi connectivity index (χ4n) is 2.57. The van der Waals surface area contributed by atoms with Gasteiger partial charge in [-0.25, -0.2) is 8.78 Å². The van der Waals surface area contributed by atoms with E-state index in [0.717, 1.165) is 18.9 Å². The molecule has 1 saturated carbocycles. The van der Waals surface area contributed by atoms with Crippen molar-refractivity contribution >= 4 is 5.91 Å². The molecule has 0 bridgehead atoms. The molecule has 0 radical (unpaired) electrons. The zero-order valence-corrected chi connectivity index (χ0v) is 10.0. The zero-order valence-electron chi connectivity index (χ0n) is 10.0. The second-order valence-corrected chi connectivity index (χ2v) is 4.89. The minimum Gasteiger partial charge on any atom is -0.321 e. The Bertz CT molecular complexity index is 514. The summed E-state index contributed by atoms with van der Waals surface area (Å²) in [6.45, 7) is 2.37. The van der Waals surface area contributed by atoms with Crippen molar-refractivity contribution in [2.24, 2.45) is 0 Å². The summed E-state index contributed by atoms with van der Waals surface area (Å²) in [5.74, 6) is -1.19. The lowest BCUT2D eigenvalue weighted by Gasteiger charge is -2.23. The van der Waals surface area contributed by atoms with Gasteiger partial charge < -0.3 is 4.90 Å². The molecule has 1 aromatic carbocycles. The van der Waals surface area contributed by atoms with E-state index in [1.54, 1.807) is 4.90 Å².